The van der Waals surface area contributed by atoms with Crippen LogP contribution in [0.5, 0.6) is 5.75 Å². The van der Waals surface area contributed by atoms with Gasteiger partial charge in [-0.05, 0) is 37.4 Å². The van der Waals surface area contributed by atoms with Crippen molar-refractivity contribution in [2.45, 2.75) is 32.2 Å². The Kier molecular flexibility index (Phi) is 4.95. The number of phenols is 1. The van der Waals surface area contributed by atoms with Gasteiger partial charge in [-0.15, -0.1) is 0 Å². The smallest absolute Gasteiger partial charge is 0.258 e. The Morgan fingerprint density at radius 3 is 3.05 bits per heavy atom. The predicted octanol–water partition coefficient (Wildman–Crippen LogP) is 2.04. The minimum absolute atomic E-state index is 0.214. The van der Waals surface area contributed by atoms with E-state index in [0.29, 0.717) is 12.5 Å². The van der Waals surface area contributed by atoms with Gasteiger partial charge >= 0.3 is 0 Å². The maximum Gasteiger partial charge on any atom is 0.258 e. The summed E-state index contributed by atoms with van der Waals surface area (Å²) in [5.41, 5.74) is -0.281. The van der Waals surface area contributed by atoms with Crippen LogP contribution in [0.1, 0.15) is 36.5 Å². The monoisotopic (exact) mass is 280 g/mol. The number of carbonyl (C=O) groups excluding carboxylic acids is 1. The highest BCUT2D eigenvalue weighted by Crippen LogP contribution is 2.21. The van der Waals surface area contributed by atoms with Gasteiger partial charge in [-0.2, -0.15) is 0 Å². The molecule has 5 heteroatoms. The Hall–Kier alpha value is -1.62. The molecule has 1 amide bonds. The topological polar surface area (TPSA) is 61.4 Å². The van der Waals surface area contributed by atoms with Crippen molar-refractivity contribution in [2.75, 3.05) is 13.1 Å². The summed E-state index contributed by atoms with van der Waals surface area (Å²) in [5.74, 6) is -1.07. The Bertz CT molecular complexity index is 459. The van der Waals surface area contributed by atoms with Gasteiger partial charge in [0.15, 0.2) is 0 Å². The molecular weight excluding hydrogens is 259 g/mol. The van der Waals surface area contributed by atoms with Crippen molar-refractivity contribution in [1.29, 1.82) is 0 Å². The van der Waals surface area contributed by atoms with Crippen molar-refractivity contribution in [3.05, 3.63) is 29.6 Å². The van der Waals surface area contributed by atoms with E-state index in [0.717, 1.165) is 25.8 Å². The summed E-state index contributed by atoms with van der Waals surface area (Å²) in [6.45, 7) is 3.53. The molecule has 4 nitrogen and oxygen atoms in total. The van der Waals surface area contributed by atoms with Gasteiger partial charge in [0, 0.05) is 12.6 Å². The second-order valence-electron chi connectivity index (χ2n) is 5.22. The molecule has 0 radical (unpaired) electrons. The Morgan fingerprint density at radius 2 is 2.35 bits per heavy atom. The van der Waals surface area contributed by atoms with Crippen LogP contribution in [0.3, 0.4) is 0 Å². The van der Waals surface area contributed by atoms with Gasteiger partial charge in [0.05, 0.1) is 0 Å². The van der Waals surface area contributed by atoms with E-state index >= 15 is 0 Å². The Morgan fingerprint density at radius 1 is 1.55 bits per heavy atom. The van der Waals surface area contributed by atoms with Crippen LogP contribution in [0, 0.1) is 11.7 Å². The molecule has 1 aliphatic heterocycles. The fourth-order valence-electron chi connectivity index (χ4n) is 2.78. The van der Waals surface area contributed by atoms with Gasteiger partial charge in [-0.1, -0.05) is 19.4 Å². The van der Waals surface area contributed by atoms with E-state index in [1.165, 1.54) is 18.2 Å². The lowest BCUT2D eigenvalue weighted by Gasteiger charge is -2.32. The first kappa shape index (κ1) is 14.8. The summed E-state index contributed by atoms with van der Waals surface area (Å²) in [5, 5.41) is 15.7. The average molecular weight is 280 g/mol. The zero-order valence-electron chi connectivity index (χ0n) is 11.7. The van der Waals surface area contributed by atoms with Gasteiger partial charge in [-0.25, -0.2) is 4.39 Å². The molecule has 0 spiro atoms. The van der Waals surface area contributed by atoms with Crippen LogP contribution in [-0.4, -0.2) is 30.1 Å². The number of carbonyl (C=O) groups is 1. The van der Waals surface area contributed by atoms with E-state index in [9.17, 15) is 14.3 Å². The number of hydrogen-bond acceptors (Lipinski definition) is 3. The molecule has 2 rings (SSSR count). The van der Waals surface area contributed by atoms with E-state index in [1.807, 2.05) is 0 Å². The van der Waals surface area contributed by atoms with Gasteiger partial charge in [-0.3, -0.25) is 4.79 Å². The molecule has 1 saturated heterocycles. The van der Waals surface area contributed by atoms with Gasteiger partial charge < -0.3 is 15.7 Å². The lowest BCUT2D eigenvalue weighted by Crippen LogP contribution is -2.48. The highest BCUT2D eigenvalue weighted by atomic mass is 19.1. The van der Waals surface area contributed by atoms with Crippen LogP contribution in [0.4, 0.5) is 4.39 Å². The molecule has 0 aromatic heterocycles. The second-order valence-corrected chi connectivity index (χ2v) is 5.22. The first-order valence-electron chi connectivity index (χ1n) is 7.12. The number of aromatic hydroxyl groups is 1. The molecule has 1 heterocycles. The Labute approximate surface area is 118 Å². The predicted molar refractivity (Wildman–Crippen MR) is 75.2 cm³/mol. The number of rotatable bonds is 4. The van der Waals surface area contributed by atoms with Crippen molar-refractivity contribution in [3.63, 3.8) is 0 Å². The normalized spacial score (nSPS) is 22.5. The van der Waals surface area contributed by atoms with E-state index in [-0.39, 0.29) is 17.4 Å². The molecular formula is C15H21FN2O2. The van der Waals surface area contributed by atoms with Crippen molar-refractivity contribution in [2.24, 2.45) is 5.92 Å². The fourth-order valence-corrected chi connectivity index (χ4v) is 2.78. The quantitative estimate of drug-likeness (QED) is 0.791. The summed E-state index contributed by atoms with van der Waals surface area (Å²) in [6, 6.07) is 4.07. The highest BCUT2D eigenvalue weighted by Gasteiger charge is 2.24. The maximum absolute atomic E-state index is 13.6. The zero-order chi connectivity index (χ0) is 14.5. The van der Waals surface area contributed by atoms with E-state index in [1.54, 1.807) is 0 Å². The zero-order valence-corrected chi connectivity index (χ0v) is 11.7. The van der Waals surface area contributed by atoms with Crippen LogP contribution in [0.15, 0.2) is 18.2 Å². The van der Waals surface area contributed by atoms with E-state index in [4.69, 9.17) is 0 Å². The standard InChI is InChI=1S/C15H21FN2O2/c1-2-10-5-4-8-17-12(10)9-18-15(20)14-11(16)6-3-7-13(14)19/h3,6-7,10,12,17,19H,2,4-5,8-9H2,1H3,(H,18,20). The molecule has 1 aromatic carbocycles. The summed E-state index contributed by atoms with van der Waals surface area (Å²) in [6.07, 6.45) is 3.35. The second kappa shape index (κ2) is 6.70. The fraction of sp³-hybridized carbons (Fsp3) is 0.533. The maximum atomic E-state index is 13.6. The largest absolute Gasteiger partial charge is 0.507 e. The highest BCUT2D eigenvalue weighted by molar-refractivity contribution is 5.97. The first-order valence-corrected chi connectivity index (χ1v) is 7.12. The van der Waals surface area contributed by atoms with Gasteiger partial charge in [0.25, 0.3) is 5.91 Å². The summed E-state index contributed by atoms with van der Waals surface area (Å²) in [7, 11) is 0. The number of nitrogens with one attached hydrogen (secondary N) is 2. The van der Waals surface area contributed by atoms with E-state index < -0.39 is 11.7 Å². The lowest BCUT2D eigenvalue weighted by molar-refractivity contribution is 0.0935. The molecule has 0 bridgehead atoms. The van der Waals surface area contributed by atoms with Crippen LogP contribution >= 0.6 is 0 Å². The summed E-state index contributed by atoms with van der Waals surface area (Å²) >= 11 is 0. The van der Waals surface area contributed by atoms with E-state index in [2.05, 4.69) is 17.6 Å². The van der Waals surface area contributed by atoms with Crippen LogP contribution in [0.2, 0.25) is 0 Å². The number of halogens is 1. The number of piperidine rings is 1. The van der Waals surface area contributed by atoms with Crippen molar-refractivity contribution in [1.82, 2.24) is 10.6 Å². The van der Waals surface area contributed by atoms with Crippen LogP contribution in [-0.2, 0) is 0 Å². The van der Waals surface area contributed by atoms with Crippen LogP contribution < -0.4 is 10.6 Å². The summed E-state index contributed by atoms with van der Waals surface area (Å²) < 4.78 is 13.6. The van der Waals surface area contributed by atoms with Gasteiger partial charge in [0.1, 0.15) is 17.1 Å². The molecule has 110 valence electrons. The number of hydrogen-bond donors (Lipinski definition) is 3. The third-order valence-corrected chi connectivity index (χ3v) is 3.95. The molecule has 3 N–H and O–H groups in total. The molecule has 0 saturated carbocycles. The number of benzene rings is 1. The first-order chi connectivity index (χ1) is 9.63. The van der Waals surface area contributed by atoms with Crippen molar-refractivity contribution in [3.8, 4) is 5.75 Å². The van der Waals surface area contributed by atoms with Crippen molar-refractivity contribution >= 4 is 5.91 Å². The molecule has 2 atom stereocenters. The molecule has 20 heavy (non-hydrogen) atoms. The molecule has 1 fully saturated rings. The molecule has 2 unspecified atom stereocenters. The third kappa shape index (κ3) is 3.28. The SMILES string of the molecule is CCC1CCCNC1CNC(=O)c1c(O)cccc1F. The third-order valence-electron chi connectivity index (χ3n) is 3.95. The average Bonchev–Trinajstić information content (AvgIpc) is 2.45. The number of amides is 1. The minimum atomic E-state index is -0.703. The number of phenolic OH excluding ortho intramolecular Hbond substituents is 1. The minimum Gasteiger partial charge on any atom is -0.507 e. The molecule has 1 aliphatic rings. The van der Waals surface area contributed by atoms with Gasteiger partial charge in [0.2, 0.25) is 0 Å². The van der Waals surface area contributed by atoms with Crippen molar-refractivity contribution < 1.29 is 14.3 Å². The molecule has 1 aromatic rings. The molecule has 0 aliphatic carbocycles. The van der Waals surface area contributed by atoms with Crippen LogP contribution in [0.25, 0.3) is 0 Å². The lowest BCUT2D eigenvalue weighted by atomic mass is 9.88. The Balaban J connectivity index is 1.98. The summed E-state index contributed by atoms with van der Waals surface area (Å²) in [4.78, 5) is 12.0.